The molecule has 1 aliphatic rings. The Morgan fingerprint density at radius 1 is 1.32 bits per heavy atom. The van der Waals surface area contributed by atoms with Crippen molar-refractivity contribution < 1.29 is 19.1 Å². The SMILES string of the molecule is CC[C@@H]1CCCN(C(=O)OC(C)(C)C)[C@H]1C(=O)OC. The van der Waals surface area contributed by atoms with E-state index in [1.165, 1.54) is 12.0 Å². The lowest BCUT2D eigenvalue weighted by molar-refractivity contribution is -0.150. The molecule has 1 amide bonds. The second-order valence-corrected chi connectivity index (χ2v) is 5.95. The van der Waals surface area contributed by atoms with E-state index in [1.807, 2.05) is 27.7 Å². The summed E-state index contributed by atoms with van der Waals surface area (Å²) in [7, 11) is 1.36. The molecule has 2 atom stereocenters. The fraction of sp³-hybridized carbons (Fsp3) is 0.857. The second-order valence-electron chi connectivity index (χ2n) is 5.95. The zero-order valence-electron chi connectivity index (χ0n) is 12.6. The van der Waals surface area contributed by atoms with Crippen molar-refractivity contribution in [1.82, 2.24) is 4.90 Å². The first-order valence-electron chi connectivity index (χ1n) is 6.87. The summed E-state index contributed by atoms with van der Waals surface area (Å²) < 4.78 is 10.2. The largest absolute Gasteiger partial charge is 0.467 e. The van der Waals surface area contributed by atoms with Crippen LogP contribution in [0.2, 0.25) is 0 Å². The van der Waals surface area contributed by atoms with E-state index in [9.17, 15) is 9.59 Å². The number of amides is 1. The van der Waals surface area contributed by atoms with E-state index < -0.39 is 17.7 Å². The van der Waals surface area contributed by atoms with Crippen LogP contribution in [0.3, 0.4) is 0 Å². The summed E-state index contributed by atoms with van der Waals surface area (Å²) in [5.74, 6) is -0.203. The molecule has 0 aromatic carbocycles. The Balaban J connectivity index is 2.88. The second kappa shape index (κ2) is 6.26. The third-order valence-corrected chi connectivity index (χ3v) is 3.35. The minimum Gasteiger partial charge on any atom is -0.467 e. The first-order valence-corrected chi connectivity index (χ1v) is 6.87. The van der Waals surface area contributed by atoms with Gasteiger partial charge in [0.2, 0.25) is 0 Å². The van der Waals surface area contributed by atoms with Crippen LogP contribution in [0.15, 0.2) is 0 Å². The van der Waals surface area contributed by atoms with Gasteiger partial charge in [-0.15, -0.1) is 0 Å². The van der Waals surface area contributed by atoms with Crippen LogP contribution in [0.5, 0.6) is 0 Å². The van der Waals surface area contributed by atoms with Crippen molar-refractivity contribution in [2.45, 2.75) is 58.6 Å². The molecule has 0 radical (unpaired) electrons. The van der Waals surface area contributed by atoms with Crippen molar-refractivity contribution in [3.8, 4) is 0 Å². The van der Waals surface area contributed by atoms with E-state index in [0.29, 0.717) is 6.54 Å². The average Bonchev–Trinajstić information content (AvgIpc) is 2.34. The predicted octanol–water partition coefficient (Wildman–Crippen LogP) is 2.59. The van der Waals surface area contributed by atoms with Gasteiger partial charge in [0.1, 0.15) is 11.6 Å². The summed E-state index contributed by atoms with van der Waals surface area (Å²) in [6.45, 7) is 8.03. The van der Waals surface area contributed by atoms with Gasteiger partial charge in [-0.05, 0) is 39.5 Å². The standard InChI is InChI=1S/C14H25NO4/c1-6-10-8-7-9-15(11(10)12(16)18-5)13(17)19-14(2,3)4/h10-11H,6-9H2,1-5H3/t10-,11-/m1/s1. The molecule has 5 nitrogen and oxygen atoms in total. The zero-order valence-corrected chi connectivity index (χ0v) is 12.6. The smallest absolute Gasteiger partial charge is 0.411 e. The van der Waals surface area contributed by atoms with Crippen LogP contribution in [0.1, 0.15) is 47.0 Å². The number of likely N-dealkylation sites (tertiary alicyclic amines) is 1. The van der Waals surface area contributed by atoms with Crippen molar-refractivity contribution in [1.29, 1.82) is 0 Å². The Hall–Kier alpha value is -1.26. The maximum atomic E-state index is 12.2. The molecule has 0 N–H and O–H groups in total. The van der Waals surface area contributed by atoms with Crippen LogP contribution in [-0.4, -0.2) is 42.3 Å². The summed E-state index contributed by atoms with van der Waals surface area (Å²) >= 11 is 0. The lowest BCUT2D eigenvalue weighted by Crippen LogP contribution is -2.54. The number of rotatable bonds is 2. The molecule has 19 heavy (non-hydrogen) atoms. The number of esters is 1. The van der Waals surface area contributed by atoms with Crippen LogP contribution < -0.4 is 0 Å². The molecular weight excluding hydrogens is 246 g/mol. The summed E-state index contributed by atoms with van der Waals surface area (Å²) in [4.78, 5) is 25.7. The van der Waals surface area contributed by atoms with Gasteiger partial charge < -0.3 is 9.47 Å². The molecule has 0 aromatic heterocycles. The van der Waals surface area contributed by atoms with Crippen molar-refractivity contribution in [3.05, 3.63) is 0 Å². The highest BCUT2D eigenvalue weighted by atomic mass is 16.6. The molecule has 1 aliphatic heterocycles. The predicted molar refractivity (Wildman–Crippen MR) is 71.8 cm³/mol. The molecule has 0 unspecified atom stereocenters. The summed E-state index contributed by atoms with van der Waals surface area (Å²) in [5, 5.41) is 0. The van der Waals surface area contributed by atoms with Crippen LogP contribution in [0, 0.1) is 5.92 Å². The van der Waals surface area contributed by atoms with Crippen LogP contribution in [0.25, 0.3) is 0 Å². The van der Waals surface area contributed by atoms with E-state index in [4.69, 9.17) is 9.47 Å². The van der Waals surface area contributed by atoms with Gasteiger partial charge >= 0.3 is 12.1 Å². The van der Waals surface area contributed by atoms with Crippen molar-refractivity contribution in [2.24, 2.45) is 5.92 Å². The van der Waals surface area contributed by atoms with Crippen molar-refractivity contribution in [3.63, 3.8) is 0 Å². The number of carbonyl (C=O) groups is 2. The molecule has 1 rings (SSSR count). The van der Waals surface area contributed by atoms with Crippen molar-refractivity contribution in [2.75, 3.05) is 13.7 Å². The zero-order chi connectivity index (χ0) is 14.6. The van der Waals surface area contributed by atoms with Crippen LogP contribution in [0.4, 0.5) is 4.79 Å². The fourth-order valence-corrected chi connectivity index (χ4v) is 2.47. The molecule has 0 aliphatic carbocycles. The van der Waals surface area contributed by atoms with Gasteiger partial charge in [0, 0.05) is 6.54 Å². The van der Waals surface area contributed by atoms with Gasteiger partial charge in [0.15, 0.2) is 0 Å². The fourth-order valence-electron chi connectivity index (χ4n) is 2.47. The van der Waals surface area contributed by atoms with E-state index in [-0.39, 0.29) is 11.9 Å². The molecule has 1 fully saturated rings. The van der Waals surface area contributed by atoms with Gasteiger partial charge in [0.05, 0.1) is 7.11 Å². The topological polar surface area (TPSA) is 55.8 Å². The van der Waals surface area contributed by atoms with Gasteiger partial charge in [-0.25, -0.2) is 9.59 Å². The molecule has 1 saturated heterocycles. The Labute approximate surface area is 115 Å². The highest BCUT2D eigenvalue weighted by Crippen LogP contribution is 2.28. The van der Waals surface area contributed by atoms with E-state index in [0.717, 1.165) is 19.3 Å². The Kier molecular flexibility index (Phi) is 5.20. The molecular formula is C14H25NO4. The third kappa shape index (κ3) is 4.11. The van der Waals surface area contributed by atoms with Crippen LogP contribution in [-0.2, 0) is 14.3 Å². The van der Waals surface area contributed by atoms with Gasteiger partial charge in [-0.3, -0.25) is 4.90 Å². The highest BCUT2D eigenvalue weighted by molar-refractivity contribution is 5.82. The highest BCUT2D eigenvalue weighted by Gasteiger charge is 2.40. The van der Waals surface area contributed by atoms with Gasteiger partial charge in [-0.2, -0.15) is 0 Å². The number of piperidine rings is 1. The number of methoxy groups -OCH3 is 1. The quantitative estimate of drug-likeness (QED) is 0.724. The van der Waals surface area contributed by atoms with E-state index >= 15 is 0 Å². The van der Waals surface area contributed by atoms with E-state index in [2.05, 4.69) is 0 Å². The number of ether oxygens (including phenoxy) is 2. The number of carbonyl (C=O) groups excluding carboxylic acids is 2. The van der Waals surface area contributed by atoms with Crippen LogP contribution >= 0.6 is 0 Å². The molecule has 5 heteroatoms. The average molecular weight is 271 g/mol. The molecule has 0 aromatic rings. The monoisotopic (exact) mass is 271 g/mol. The normalized spacial score (nSPS) is 23.9. The molecule has 0 bridgehead atoms. The summed E-state index contributed by atoms with van der Waals surface area (Å²) in [6, 6.07) is -0.515. The molecule has 0 saturated carbocycles. The minimum absolute atomic E-state index is 0.147. The lowest BCUT2D eigenvalue weighted by Gasteiger charge is -2.39. The third-order valence-electron chi connectivity index (χ3n) is 3.35. The number of hydrogen-bond acceptors (Lipinski definition) is 4. The Morgan fingerprint density at radius 3 is 2.42 bits per heavy atom. The first-order chi connectivity index (χ1) is 8.80. The summed E-state index contributed by atoms with van der Waals surface area (Å²) in [5.41, 5.74) is -0.559. The Bertz CT molecular complexity index is 335. The number of hydrogen-bond donors (Lipinski definition) is 0. The lowest BCUT2D eigenvalue weighted by atomic mass is 9.87. The number of nitrogens with zero attached hydrogens (tertiary/aromatic N) is 1. The van der Waals surface area contributed by atoms with E-state index in [1.54, 1.807) is 0 Å². The molecule has 1 heterocycles. The maximum Gasteiger partial charge on any atom is 0.411 e. The summed E-state index contributed by atoms with van der Waals surface area (Å²) in [6.07, 6.45) is 2.25. The van der Waals surface area contributed by atoms with Gasteiger partial charge in [0.25, 0.3) is 0 Å². The maximum absolute atomic E-state index is 12.2. The first kappa shape index (κ1) is 15.8. The molecule has 0 spiro atoms. The minimum atomic E-state index is -0.559. The van der Waals surface area contributed by atoms with Crippen molar-refractivity contribution >= 4 is 12.1 Å². The van der Waals surface area contributed by atoms with Gasteiger partial charge in [-0.1, -0.05) is 13.3 Å². The Morgan fingerprint density at radius 2 is 1.95 bits per heavy atom. The molecule has 110 valence electrons.